The molecule has 0 radical (unpaired) electrons. The zero-order chi connectivity index (χ0) is 36.7. The third-order valence-electron chi connectivity index (χ3n) is 6.57. The minimum absolute atomic E-state index is 1.86. The van der Waals surface area contributed by atoms with Crippen LogP contribution in [0.1, 0.15) is 0 Å². The summed E-state index contributed by atoms with van der Waals surface area (Å²) in [6, 6.07) is 0. The van der Waals surface area contributed by atoms with Crippen LogP contribution in [-0.2, 0) is 37.0 Å². The van der Waals surface area contributed by atoms with Crippen molar-refractivity contribution in [2.75, 3.05) is 0 Å². The first-order valence-corrected chi connectivity index (χ1v) is 41.5. The van der Waals surface area contributed by atoms with Gasteiger partial charge in [-0.25, -0.2) is 0 Å². The average molecular weight is 814 g/mol. The molecule has 0 aliphatic carbocycles. The fourth-order valence-electron chi connectivity index (χ4n) is 3.92. The van der Waals surface area contributed by atoms with Gasteiger partial charge >= 0.3 is 35.9 Å². The standard InChI is InChI=1S/C27H64O9Si10/c1-22-38(7,8)31-44(19,32-39(9,10)23-2)28-37(29-45(20,33-40(11,12)24-3)34-41(13,14)25-4)30-46(21,35-42(15,16)26-5)36-43(17,18)27-6/h22-27,37H,1-6H2,7-21H3. The molecular weight excluding hydrogens is 749 g/mol. The first-order chi connectivity index (χ1) is 20.4. The van der Waals surface area contributed by atoms with E-state index < -0.39 is 85.8 Å². The Hall–Kier alpha value is 0.249. The summed E-state index contributed by atoms with van der Waals surface area (Å²) in [5.74, 6) is 0. The summed E-state index contributed by atoms with van der Waals surface area (Å²) in [6.45, 7) is 54.4. The van der Waals surface area contributed by atoms with E-state index in [0.29, 0.717) is 0 Å². The van der Waals surface area contributed by atoms with Crippen LogP contribution in [0.5, 0.6) is 0 Å². The maximum atomic E-state index is 6.97. The van der Waals surface area contributed by atoms with E-state index in [1.807, 2.05) is 132 Å². The summed E-state index contributed by atoms with van der Waals surface area (Å²) in [5, 5.41) is 0. The normalized spacial score (nSPS) is 14.6. The van der Waals surface area contributed by atoms with E-state index in [0.717, 1.165) is 0 Å². The highest BCUT2D eigenvalue weighted by molar-refractivity contribution is 6.94. The van der Waals surface area contributed by atoms with Crippen molar-refractivity contribution in [2.24, 2.45) is 0 Å². The predicted octanol–water partition coefficient (Wildman–Crippen LogP) is 8.14. The van der Waals surface area contributed by atoms with Crippen LogP contribution in [0, 0.1) is 0 Å². The van der Waals surface area contributed by atoms with Crippen LogP contribution in [0.4, 0.5) is 0 Å². The highest BCUT2D eigenvalue weighted by atomic mass is 28.6. The van der Waals surface area contributed by atoms with E-state index in [1.54, 1.807) is 0 Å². The lowest BCUT2D eigenvalue weighted by atomic mass is 11.3. The Kier molecular flexibility index (Phi) is 17.1. The monoisotopic (exact) mass is 812 g/mol. The molecule has 0 saturated carbocycles. The summed E-state index contributed by atoms with van der Waals surface area (Å²) in [5.41, 5.74) is 11.1. The molecule has 0 rings (SSSR count). The van der Waals surface area contributed by atoms with Crippen molar-refractivity contribution in [3.8, 4) is 0 Å². The second-order valence-corrected chi connectivity index (χ2v) is 49.9. The Morgan fingerprint density at radius 3 is 0.543 bits per heavy atom. The molecule has 266 valence electrons. The van der Waals surface area contributed by atoms with Gasteiger partial charge in [0.1, 0.15) is 0 Å². The van der Waals surface area contributed by atoms with Gasteiger partial charge in [-0.05, 0) is 78.6 Å². The molecule has 0 aliphatic rings. The molecule has 0 aromatic carbocycles. The molecule has 0 aliphatic heterocycles. The van der Waals surface area contributed by atoms with Crippen LogP contribution in [0.2, 0.25) is 98.2 Å². The molecule has 46 heavy (non-hydrogen) atoms. The molecule has 0 amide bonds. The van der Waals surface area contributed by atoms with E-state index in [1.165, 1.54) is 0 Å². The number of hydrogen-bond acceptors (Lipinski definition) is 9. The van der Waals surface area contributed by atoms with Crippen molar-refractivity contribution in [1.82, 2.24) is 0 Å². The van der Waals surface area contributed by atoms with Crippen molar-refractivity contribution in [3.63, 3.8) is 0 Å². The van der Waals surface area contributed by atoms with Gasteiger partial charge in [0.2, 0.25) is 49.9 Å². The SMILES string of the molecule is C=C[Si](C)(C)O[Si](C)(O[SiH](O[Si](C)(O[Si](C)(C)C=C)O[Si](C)(C)C=C)O[Si](C)(O[Si](C)(C)C=C)O[Si](C)(C)C=C)O[Si](C)(C)C=C. The van der Waals surface area contributed by atoms with Crippen molar-refractivity contribution in [1.29, 1.82) is 0 Å². The third-order valence-corrected chi connectivity index (χ3v) is 41.4. The summed E-state index contributed by atoms with van der Waals surface area (Å²) in [7, 11) is -28.5. The second-order valence-electron chi connectivity index (χ2n) is 14.7. The van der Waals surface area contributed by atoms with Gasteiger partial charge in [0.05, 0.1) is 0 Å². The molecule has 0 aromatic rings. The quantitative estimate of drug-likeness (QED) is 0.0898. The molecule has 0 aromatic heterocycles. The lowest BCUT2D eigenvalue weighted by molar-refractivity contribution is 0.147. The fourth-order valence-corrected chi connectivity index (χ4v) is 40.3. The molecular formula is C27H64O9Si10. The van der Waals surface area contributed by atoms with Gasteiger partial charge in [-0.3, -0.25) is 0 Å². The lowest BCUT2D eigenvalue weighted by Gasteiger charge is -2.44. The Balaban J connectivity index is 7.51. The molecule has 0 fully saturated rings. The Bertz CT molecular complexity index is 897. The van der Waals surface area contributed by atoms with E-state index >= 15 is 0 Å². The van der Waals surface area contributed by atoms with E-state index in [2.05, 4.69) is 39.5 Å². The topological polar surface area (TPSA) is 83.1 Å². The van der Waals surface area contributed by atoms with Crippen molar-refractivity contribution < 1.29 is 37.0 Å². The molecule has 0 N–H and O–H groups in total. The van der Waals surface area contributed by atoms with Crippen LogP contribution in [0.15, 0.2) is 73.7 Å². The Morgan fingerprint density at radius 1 is 0.304 bits per heavy atom. The number of hydrogen-bond donors (Lipinski definition) is 0. The van der Waals surface area contributed by atoms with Crippen molar-refractivity contribution in [2.45, 2.75) is 98.2 Å². The van der Waals surface area contributed by atoms with Crippen LogP contribution in [0.3, 0.4) is 0 Å². The van der Waals surface area contributed by atoms with Crippen LogP contribution in [-0.4, -0.2) is 85.8 Å². The first kappa shape index (κ1) is 46.2. The minimum atomic E-state index is -3.51. The molecule has 19 heteroatoms. The summed E-state index contributed by atoms with van der Waals surface area (Å²) < 4.78 is 61.6. The molecule has 0 atom stereocenters. The lowest BCUT2D eigenvalue weighted by Crippen LogP contribution is -2.65. The van der Waals surface area contributed by atoms with Crippen LogP contribution in [0.25, 0.3) is 0 Å². The predicted molar refractivity (Wildman–Crippen MR) is 218 cm³/mol. The van der Waals surface area contributed by atoms with Gasteiger partial charge in [-0.15, -0.1) is 39.5 Å². The number of rotatable bonds is 24. The Morgan fingerprint density at radius 2 is 0.435 bits per heavy atom. The zero-order valence-electron chi connectivity index (χ0n) is 31.5. The minimum Gasteiger partial charge on any atom is -0.413 e. The van der Waals surface area contributed by atoms with E-state index in [-0.39, 0.29) is 0 Å². The smallest absolute Gasteiger partial charge is 0.413 e. The summed E-state index contributed by atoms with van der Waals surface area (Å²) >= 11 is 0. The van der Waals surface area contributed by atoms with Gasteiger partial charge in [0.15, 0.2) is 0 Å². The van der Waals surface area contributed by atoms with E-state index in [4.69, 9.17) is 37.0 Å². The molecule has 0 bridgehead atoms. The largest absolute Gasteiger partial charge is 0.469 e. The van der Waals surface area contributed by atoms with E-state index in [9.17, 15) is 0 Å². The van der Waals surface area contributed by atoms with Gasteiger partial charge in [-0.1, -0.05) is 34.2 Å². The summed E-state index contributed by atoms with van der Waals surface area (Å²) in [4.78, 5) is 0. The van der Waals surface area contributed by atoms with Crippen LogP contribution >= 0.6 is 0 Å². The zero-order valence-corrected chi connectivity index (χ0v) is 41.6. The third kappa shape index (κ3) is 17.3. The van der Waals surface area contributed by atoms with Gasteiger partial charge < -0.3 is 37.0 Å². The van der Waals surface area contributed by atoms with Crippen LogP contribution < -0.4 is 0 Å². The first-order valence-electron chi connectivity index (χ1n) is 15.5. The highest BCUT2D eigenvalue weighted by Crippen LogP contribution is 2.31. The molecule has 9 nitrogen and oxygen atoms in total. The fraction of sp³-hybridized carbons (Fsp3) is 0.556. The maximum Gasteiger partial charge on any atom is 0.469 e. The average Bonchev–Trinajstić information content (AvgIpc) is 2.85. The van der Waals surface area contributed by atoms with Gasteiger partial charge in [0, 0.05) is 19.6 Å². The molecule has 0 saturated heterocycles. The molecule has 0 heterocycles. The molecule has 0 unspecified atom stereocenters. The van der Waals surface area contributed by atoms with Gasteiger partial charge in [-0.2, -0.15) is 0 Å². The second kappa shape index (κ2) is 17.0. The Labute approximate surface area is 293 Å². The summed E-state index contributed by atoms with van der Waals surface area (Å²) in [6.07, 6.45) is 0. The van der Waals surface area contributed by atoms with Crippen molar-refractivity contribution in [3.05, 3.63) is 73.7 Å². The molecule has 0 spiro atoms. The van der Waals surface area contributed by atoms with Crippen molar-refractivity contribution >= 4 is 85.8 Å². The highest BCUT2D eigenvalue weighted by Gasteiger charge is 2.55. The van der Waals surface area contributed by atoms with Gasteiger partial charge in [0.25, 0.3) is 0 Å². The maximum absolute atomic E-state index is 6.97.